The van der Waals surface area contributed by atoms with E-state index >= 15 is 0 Å². The Balaban J connectivity index is 0.904. The number of esters is 2. The number of Topliss-reactive ketones (excluding diaryl/α,β-unsaturated/α-hetero) is 2. The lowest BCUT2D eigenvalue weighted by atomic mass is 9.88. The van der Waals surface area contributed by atoms with E-state index in [9.17, 15) is 58.5 Å². The minimum Gasteiger partial charge on any atom is -0.457 e. The maximum atomic E-state index is 14.1. The van der Waals surface area contributed by atoms with Gasteiger partial charge in [-0.25, -0.2) is 9.59 Å². The summed E-state index contributed by atoms with van der Waals surface area (Å²) in [6.45, 7) is 16.1. The lowest BCUT2D eigenvalue weighted by molar-refractivity contribution is -0.168. The topological polar surface area (TPSA) is 312 Å². The molecule has 99 heavy (non-hydrogen) atoms. The summed E-state index contributed by atoms with van der Waals surface area (Å²) >= 11 is 0. The first-order chi connectivity index (χ1) is 47.0. The average molecular weight is 1370 g/mol. The quantitative estimate of drug-likeness (QED) is 0.00822. The normalized spacial score (nSPS) is 23.2. The van der Waals surface area contributed by atoms with Gasteiger partial charge in [0.15, 0.2) is 11.9 Å². The predicted octanol–water partition coefficient (Wildman–Crippen LogP) is 9.23. The van der Waals surface area contributed by atoms with E-state index in [1.807, 2.05) is 76.2 Å². The molecule has 3 aromatic rings. The average Bonchev–Trinajstić information content (AvgIpc) is 1.69. The first-order valence-corrected chi connectivity index (χ1v) is 34.8. The lowest BCUT2D eigenvalue weighted by Crippen LogP contribution is -2.53. The fraction of sp³-hybridized carbons (Fsp3) is 0.545. The molecule has 22 nitrogen and oxygen atoms in total. The Hall–Kier alpha value is -8.49. The number of ketones is 2. The number of amides is 5. The maximum absolute atomic E-state index is 14.1. The first-order valence-electron chi connectivity index (χ1n) is 34.8. The SMILES string of the molecule is CC[C@H](O)[C@@H](C)[C@H]1O[C@@H]1C[C@@](C)(O)/C=C/C=C(\C)[C@H]1OC(=O)C[C@H](O)CC[C@@](C)(OC(C)=O)[C@@H](OC(=O)N2CCN(C(=O)OCc3ccc(CC(=O)[C@H](CCCCC(N)=O)NC(=O)[C@@H](CC(=O)CCCC(=O)N4Cc5ccccc5C#Cc5ccccc54)C(C)C)cc3)CC2)/C=C/[C@@H]1C. The molecule has 0 saturated carbocycles. The molecular formula is C77H101N5O17. The molecule has 2 fully saturated rings. The molecule has 0 bridgehead atoms. The third-order valence-corrected chi connectivity index (χ3v) is 19.0. The van der Waals surface area contributed by atoms with Gasteiger partial charge in [-0.05, 0) is 112 Å². The van der Waals surface area contributed by atoms with Crippen molar-refractivity contribution in [3.05, 3.63) is 137 Å². The standard InChI is InChI=1S/C77H101N5O17/c1-10-64(86)52(6)72-66(96-72)46-76(8,94)37-18-19-50(4)71-51(5)28-35-67(77(9,99-53(7)83)38-36-60(85)45-70(90)98-71)97-75(93)81-41-39-80(40-42-81)74(92)95-48-55-31-29-54(30-32-55)43-65(87)62(24-14-16-26-68(78)88)79-73(91)61(49(2)3)44-59(84)23-17-27-69(89)82-47-58-22-12-11-20-56(58)33-34-57-21-13-15-25-63(57)82/h11-13,15,18-22,25,28-32,35,37,49,51-52,60-62,64,66-67,71-72,85-86,94H,10,14,16-17,23-24,26-27,36,38-48H2,1-9H3,(H2,78,88)(H,79,91)/b35-28+,37-18+,50-19+/t51-,52+,60+,61-,62-,64-,66+,67-,71+,72+,76-,77+/m0/s1. The van der Waals surface area contributed by atoms with Crippen molar-refractivity contribution in [1.29, 1.82) is 0 Å². The van der Waals surface area contributed by atoms with E-state index in [4.69, 9.17) is 29.4 Å². The molecule has 7 rings (SSSR count). The molecule has 0 aliphatic carbocycles. The van der Waals surface area contributed by atoms with Crippen molar-refractivity contribution in [3.8, 4) is 11.8 Å². The number of ether oxygens (including phenoxy) is 5. The molecular weight excluding hydrogens is 1270 g/mol. The number of unbranched alkanes of at least 4 members (excludes halogenated alkanes) is 1. The van der Waals surface area contributed by atoms with E-state index in [1.54, 1.807) is 87.2 Å². The van der Waals surface area contributed by atoms with Gasteiger partial charge < -0.3 is 64.8 Å². The Morgan fingerprint density at radius 2 is 1.52 bits per heavy atom. The number of hydrogen-bond donors (Lipinski definition) is 5. The summed E-state index contributed by atoms with van der Waals surface area (Å²) in [6, 6.07) is 21.1. The zero-order valence-corrected chi connectivity index (χ0v) is 58.8. The number of cyclic esters (lactones) is 1. The Kier molecular flexibility index (Phi) is 28.7. The van der Waals surface area contributed by atoms with Crippen LogP contribution in [0.5, 0.6) is 0 Å². The van der Waals surface area contributed by atoms with Crippen molar-refractivity contribution in [2.75, 3.05) is 31.1 Å². The smallest absolute Gasteiger partial charge is 0.410 e. The number of epoxide rings is 1. The molecule has 12 atom stereocenters. The van der Waals surface area contributed by atoms with Crippen LogP contribution in [-0.4, -0.2) is 159 Å². The van der Waals surface area contributed by atoms with Crippen LogP contribution in [0.4, 0.5) is 15.3 Å². The summed E-state index contributed by atoms with van der Waals surface area (Å²) < 4.78 is 29.4. The molecule has 0 aromatic heterocycles. The molecule has 5 amide bonds. The number of para-hydroxylation sites is 1. The number of nitrogens with one attached hydrogen (secondary N) is 1. The largest absolute Gasteiger partial charge is 0.457 e. The zero-order chi connectivity index (χ0) is 72.1. The van der Waals surface area contributed by atoms with E-state index in [0.29, 0.717) is 54.6 Å². The van der Waals surface area contributed by atoms with E-state index in [-0.39, 0.29) is 139 Å². The maximum Gasteiger partial charge on any atom is 0.410 e. The van der Waals surface area contributed by atoms with Crippen LogP contribution in [0.1, 0.15) is 174 Å². The van der Waals surface area contributed by atoms with Crippen LogP contribution in [0.3, 0.4) is 0 Å². The van der Waals surface area contributed by atoms with Crippen molar-refractivity contribution in [3.63, 3.8) is 0 Å². The van der Waals surface area contributed by atoms with Gasteiger partial charge in [0.2, 0.25) is 17.7 Å². The second-order valence-corrected chi connectivity index (χ2v) is 27.7. The minimum absolute atomic E-state index is 0.000807. The van der Waals surface area contributed by atoms with Gasteiger partial charge in [0.1, 0.15) is 24.1 Å². The number of benzene rings is 3. The summed E-state index contributed by atoms with van der Waals surface area (Å²) in [6.07, 6.45) is 4.83. The summed E-state index contributed by atoms with van der Waals surface area (Å²) in [5.74, 6) is 1.92. The predicted molar refractivity (Wildman–Crippen MR) is 371 cm³/mol. The van der Waals surface area contributed by atoms with Crippen molar-refractivity contribution in [2.24, 2.45) is 29.4 Å². The molecule has 4 aliphatic heterocycles. The highest BCUT2D eigenvalue weighted by Gasteiger charge is 2.48. The van der Waals surface area contributed by atoms with Gasteiger partial charge in [0, 0.05) is 101 Å². The third kappa shape index (κ3) is 23.6. The third-order valence-electron chi connectivity index (χ3n) is 19.0. The van der Waals surface area contributed by atoms with Crippen molar-refractivity contribution < 1.29 is 82.2 Å². The van der Waals surface area contributed by atoms with Gasteiger partial charge in [-0.2, -0.15) is 0 Å². The highest BCUT2D eigenvalue weighted by Crippen LogP contribution is 2.38. The zero-order valence-electron chi connectivity index (χ0n) is 58.8. The number of carbonyl (C=O) groups excluding carboxylic acids is 9. The number of aliphatic hydroxyl groups is 3. The fourth-order valence-corrected chi connectivity index (χ4v) is 12.8. The number of primary amides is 1. The van der Waals surface area contributed by atoms with Crippen LogP contribution < -0.4 is 16.0 Å². The molecule has 4 heterocycles. The van der Waals surface area contributed by atoms with Crippen LogP contribution in [0.25, 0.3) is 0 Å². The molecule has 6 N–H and O–H groups in total. The molecule has 4 aliphatic rings. The number of allylic oxidation sites excluding steroid dienone is 2. The van der Waals surface area contributed by atoms with Gasteiger partial charge >= 0.3 is 24.1 Å². The number of fused-ring (bicyclic) bond motifs is 2. The Morgan fingerprint density at radius 3 is 2.19 bits per heavy atom. The van der Waals surface area contributed by atoms with Crippen LogP contribution in [-0.2, 0) is 76.8 Å². The van der Waals surface area contributed by atoms with E-state index in [0.717, 1.165) is 16.7 Å². The van der Waals surface area contributed by atoms with E-state index < -0.39 is 89.4 Å². The highest BCUT2D eigenvalue weighted by atomic mass is 16.6. The number of carbonyl (C=O) groups is 9. The van der Waals surface area contributed by atoms with Gasteiger partial charge in [-0.15, -0.1) is 0 Å². The molecule has 3 aromatic carbocycles. The second-order valence-electron chi connectivity index (χ2n) is 27.7. The van der Waals surface area contributed by atoms with E-state index in [1.165, 1.54) is 16.7 Å². The van der Waals surface area contributed by atoms with Crippen LogP contribution in [0.2, 0.25) is 0 Å². The van der Waals surface area contributed by atoms with E-state index in [2.05, 4.69) is 17.2 Å². The fourth-order valence-electron chi connectivity index (χ4n) is 12.8. The van der Waals surface area contributed by atoms with Gasteiger partial charge in [-0.3, -0.25) is 33.6 Å². The van der Waals surface area contributed by atoms with Gasteiger partial charge in [0.05, 0.1) is 54.7 Å². The van der Waals surface area contributed by atoms with Crippen LogP contribution in [0, 0.1) is 35.5 Å². The Labute approximate surface area is 582 Å². The summed E-state index contributed by atoms with van der Waals surface area (Å²) in [5.41, 5.74) is 7.71. The number of nitrogens with zero attached hydrogens (tertiary/aromatic N) is 3. The van der Waals surface area contributed by atoms with Gasteiger partial charge in [-0.1, -0.05) is 132 Å². The molecule has 0 radical (unpaired) electrons. The molecule has 536 valence electrons. The molecule has 2 saturated heterocycles. The number of hydrogen-bond acceptors (Lipinski definition) is 17. The Morgan fingerprint density at radius 1 is 0.859 bits per heavy atom. The Bertz CT molecular complexity index is 3490. The number of rotatable bonds is 29. The number of nitrogens with two attached hydrogens (primary N) is 1. The van der Waals surface area contributed by atoms with Crippen LogP contribution >= 0.6 is 0 Å². The first kappa shape index (κ1) is 77.9. The lowest BCUT2D eigenvalue weighted by Gasteiger charge is -2.38. The molecule has 0 unspecified atom stereocenters. The number of anilines is 1. The molecule has 22 heteroatoms. The summed E-state index contributed by atoms with van der Waals surface area (Å²) in [5, 5.41) is 35.5. The monoisotopic (exact) mass is 1370 g/mol. The van der Waals surface area contributed by atoms with Crippen molar-refractivity contribution in [2.45, 2.75) is 219 Å². The van der Waals surface area contributed by atoms with Crippen molar-refractivity contribution in [1.82, 2.24) is 15.1 Å². The van der Waals surface area contributed by atoms with Gasteiger partial charge in [0.25, 0.3) is 0 Å². The highest BCUT2D eigenvalue weighted by molar-refractivity contribution is 5.96. The number of aliphatic hydroxyl groups excluding tert-OH is 2. The summed E-state index contributed by atoms with van der Waals surface area (Å²) in [7, 11) is 0. The second kappa shape index (κ2) is 36.6. The summed E-state index contributed by atoms with van der Waals surface area (Å²) in [4.78, 5) is 125. The van der Waals surface area contributed by atoms with Crippen molar-refractivity contribution >= 4 is 59.1 Å². The number of piperazine rings is 1. The molecule has 0 spiro atoms. The van der Waals surface area contributed by atoms with Crippen LogP contribution in [0.15, 0.2) is 109 Å². The minimum atomic E-state index is -1.50.